The van der Waals surface area contributed by atoms with Gasteiger partial charge in [-0.3, -0.25) is 9.10 Å². The summed E-state index contributed by atoms with van der Waals surface area (Å²) in [5.74, 6) is -0.319. The average Bonchev–Trinajstić information content (AvgIpc) is 2.73. The summed E-state index contributed by atoms with van der Waals surface area (Å²) in [5.41, 5.74) is 2.98. The first-order valence-electron chi connectivity index (χ1n) is 8.86. The topological polar surface area (TPSA) is 66.5 Å². The Morgan fingerprint density at radius 2 is 1.61 bits per heavy atom. The number of benzene rings is 3. The number of hydrogen-bond donors (Lipinski definition) is 1. The van der Waals surface area contributed by atoms with Crippen molar-refractivity contribution in [2.45, 2.75) is 18.4 Å². The van der Waals surface area contributed by atoms with Crippen LogP contribution in [0.4, 0.5) is 5.69 Å². The second kappa shape index (κ2) is 8.27. The van der Waals surface area contributed by atoms with Crippen molar-refractivity contribution in [2.75, 3.05) is 11.4 Å². The van der Waals surface area contributed by atoms with Crippen molar-refractivity contribution in [2.24, 2.45) is 0 Å². The number of carbonyl (C=O) groups is 1. The highest BCUT2D eigenvalue weighted by Crippen LogP contribution is 2.22. The summed E-state index contributed by atoms with van der Waals surface area (Å²) >= 11 is 0. The van der Waals surface area contributed by atoms with Gasteiger partial charge in [-0.2, -0.15) is 0 Å². The van der Waals surface area contributed by atoms with Crippen LogP contribution in [0.3, 0.4) is 0 Å². The lowest BCUT2D eigenvalue weighted by Crippen LogP contribution is -2.27. The molecular formula is C22H22N2O3S. The minimum atomic E-state index is -3.77. The van der Waals surface area contributed by atoms with E-state index in [2.05, 4.69) is 5.32 Å². The van der Waals surface area contributed by atoms with Gasteiger partial charge in [0, 0.05) is 19.2 Å². The van der Waals surface area contributed by atoms with Crippen LogP contribution < -0.4 is 9.62 Å². The number of sulfonamides is 1. The summed E-state index contributed by atoms with van der Waals surface area (Å²) in [5, 5.41) is 2.83. The highest BCUT2D eigenvalue weighted by atomic mass is 32.2. The maximum atomic E-state index is 12.9. The van der Waals surface area contributed by atoms with Crippen molar-refractivity contribution >= 4 is 21.6 Å². The monoisotopic (exact) mass is 394 g/mol. The lowest BCUT2D eigenvalue weighted by molar-refractivity contribution is 0.0950. The average molecular weight is 394 g/mol. The maximum Gasteiger partial charge on any atom is 0.264 e. The molecule has 0 spiro atoms. The van der Waals surface area contributed by atoms with Crippen LogP contribution in [0.15, 0.2) is 83.8 Å². The molecule has 0 aliphatic heterocycles. The molecule has 0 unspecified atom stereocenters. The summed E-state index contributed by atoms with van der Waals surface area (Å²) < 4.78 is 27.0. The van der Waals surface area contributed by atoms with E-state index in [1.165, 1.54) is 23.5 Å². The van der Waals surface area contributed by atoms with E-state index in [9.17, 15) is 13.2 Å². The molecule has 144 valence electrons. The molecule has 0 atom stereocenters. The van der Waals surface area contributed by atoms with Gasteiger partial charge in [-0.1, -0.05) is 54.1 Å². The molecule has 1 amide bonds. The normalized spacial score (nSPS) is 11.1. The molecule has 3 rings (SSSR count). The van der Waals surface area contributed by atoms with Crippen LogP contribution in [0.5, 0.6) is 0 Å². The molecule has 5 nitrogen and oxygen atoms in total. The van der Waals surface area contributed by atoms with Crippen LogP contribution in [-0.4, -0.2) is 21.4 Å². The van der Waals surface area contributed by atoms with E-state index in [1.54, 1.807) is 36.4 Å². The van der Waals surface area contributed by atoms with E-state index < -0.39 is 10.0 Å². The van der Waals surface area contributed by atoms with Crippen LogP contribution in [0.25, 0.3) is 0 Å². The SMILES string of the molecule is Cc1ccc(CNC(=O)c2cccc(S(=O)(=O)N(C)c3ccccc3)c2)cc1. The van der Waals surface area contributed by atoms with Crippen molar-refractivity contribution in [3.8, 4) is 0 Å². The third-order valence-corrected chi connectivity index (χ3v) is 6.23. The van der Waals surface area contributed by atoms with Gasteiger partial charge in [0.25, 0.3) is 15.9 Å². The van der Waals surface area contributed by atoms with Gasteiger partial charge >= 0.3 is 0 Å². The standard InChI is InChI=1S/C22H22N2O3S/c1-17-11-13-18(14-12-17)16-23-22(25)19-7-6-10-21(15-19)28(26,27)24(2)20-8-4-3-5-9-20/h3-15H,16H2,1-2H3,(H,23,25). The fourth-order valence-electron chi connectivity index (χ4n) is 2.72. The van der Waals surface area contributed by atoms with Gasteiger partial charge in [0.2, 0.25) is 0 Å². The summed E-state index contributed by atoms with van der Waals surface area (Å²) in [6.45, 7) is 2.38. The van der Waals surface area contributed by atoms with Gasteiger partial charge in [0.05, 0.1) is 10.6 Å². The molecular weight excluding hydrogens is 372 g/mol. The molecule has 0 heterocycles. The molecule has 0 radical (unpaired) electrons. The molecule has 0 saturated carbocycles. The number of rotatable bonds is 6. The number of anilines is 1. The zero-order valence-electron chi connectivity index (χ0n) is 15.8. The zero-order chi connectivity index (χ0) is 20.1. The lowest BCUT2D eigenvalue weighted by Gasteiger charge is -2.19. The highest BCUT2D eigenvalue weighted by Gasteiger charge is 2.22. The summed E-state index contributed by atoms with van der Waals surface area (Å²) in [4.78, 5) is 12.6. The Morgan fingerprint density at radius 3 is 2.29 bits per heavy atom. The van der Waals surface area contributed by atoms with Crippen molar-refractivity contribution in [1.82, 2.24) is 5.32 Å². The van der Waals surface area contributed by atoms with Crippen LogP contribution in [0, 0.1) is 6.92 Å². The number of amides is 1. The number of carbonyl (C=O) groups excluding carboxylic acids is 1. The molecule has 0 fully saturated rings. The van der Waals surface area contributed by atoms with Gasteiger partial charge in [0.15, 0.2) is 0 Å². The fraction of sp³-hybridized carbons (Fsp3) is 0.136. The van der Waals surface area contributed by atoms with Crippen molar-refractivity contribution < 1.29 is 13.2 Å². The largest absolute Gasteiger partial charge is 0.348 e. The van der Waals surface area contributed by atoms with Gasteiger partial charge < -0.3 is 5.32 Å². The van der Waals surface area contributed by atoms with Crippen LogP contribution in [0.2, 0.25) is 0 Å². The van der Waals surface area contributed by atoms with E-state index in [0.29, 0.717) is 17.8 Å². The number of hydrogen-bond acceptors (Lipinski definition) is 3. The van der Waals surface area contributed by atoms with Gasteiger partial charge in [0.1, 0.15) is 0 Å². The number of nitrogens with one attached hydrogen (secondary N) is 1. The van der Waals surface area contributed by atoms with Crippen LogP contribution in [-0.2, 0) is 16.6 Å². The third-order valence-electron chi connectivity index (χ3n) is 4.45. The molecule has 28 heavy (non-hydrogen) atoms. The highest BCUT2D eigenvalue weighted by molar-refractivity contribution is 7.92. The quantitative estimate of drug-likeness (QED) is 0.692. The van der Waals surface area contributed by atoms with E-state index in [0.717, 1.165) is 11.1 Å². The Kier molecular flexibility index (Phi) is 5.80. The molecule has 0 saturated heterocycles. The number of nitrogens with zero attached hydrogens (tertiary/aromatic N) is 1. The molecule has 0 aliphatic carbocycles. The first-order valence-corrected chi connectivity index (χ1v) is 10.3. The predicted octanol–water partition coefficient (Wildman–Crippen LogP) is 3.75. The Bertz CT molecular complexity index is 1060. The Hall–Kier alpha value is -3.12. The van der Waals surface area contributed by atoms with Crippen molar-refractivity contribution in [3.05, 3.63) is 95.6 Å². The smallest absolute Gasteiger partial charge is 0.264 e. The first-order chi connectivity index (χ1) is 13.4. The number of aryl methyl sites for hydroxylation is 1. The second-order valence-electron chi connectivity index (χ2n) is 6.50. The Morgan fingerprint density at radius 1 is 0.929 bits per heavy atom. The lowest BCUT2D eigenvalue weighted by atomic mass is 10.1. The van der Waals surface area contributed by atoms with E-state index in [-0.39, 0.29) is 10.8 Å². The second-order valence-corrected chi connectivity index (χ2v) is 8.47. The molecule has 0 aromatic heterocycles. The first kappa shape index (κ1) is 19.6. The van der Waals surface area contributed by atoms with Gasteiger partial charge in [-0.25, -0.2) is 8.42 Å². The molecule has 3 aromatic rings. The van der Waals surface area contributed by atoms with Crippen molar-refractivity contribution in [1.29, 1.82) is 0 Å². The summed E-state index contributed by atoms with van der Waals surface area (Å²) in [6, 6.07) is 22.7. The molecule has 6 heteroatoms. The maximum absolute atomic E-state index is 12.9. The molecule has 0 aliphatic rings. The predicted molar refractivity (Wildman–Crippen MR) is 111 cm³/mol. The van der Waals surface area contributed by atoms with Crippen LogP contribution in [0.1, 0.15) is 21.5 Å². The minimum Gasteiger partial charge on any atom is -0.348 e. The summed E-state index contributed by atoms with van der Waals surface area (Å²) in [6.07, 6.45) is 0. The summed E-state index contributed by atoms with van der Waals surface area (Å²) in [7, 11) is -2.27. The van der Waals surface area contributed by atoms with Gasteiger partial charge in [-0.05, 0) is 42.8 Å². The number of para-hydroxylation sites is 1. The van der Waals surface area contributed by atoms with Crippen molar-refractivity contribution in [3.63, 3.8) is 0 Å². The fourth-order valence-corrected chi connectivity index (χ4v) is 3.96. The van der Waals surface area contributed by atoms with Crippen LogP contribution >= 0.6 is 0 Å². The Balaban J connectivity index is 1.77. The van der Waals surface area contributed by atoms with E-state index in [1.807, 2.05) is 37.3 Å². The third kappa shape index (κ3) is 4.40. The molecule has 0 bridgehead atoms. The van der Waals surface area contributed by atoms with E-state index >= 15 is 0 Å². The molecule has 3 aromatic carbocycles. The Labute approximate surface area is 165 Å². The molecule has 1 N–H and O–H groups in total. The minimum absolute atomic E-state index is 0.0711. The zero-order valence-corrected chi connectivity index (χ0v) is 16.6. The van der Waals surface area contributed by atoms with Gasteiger partial charge in [-0.15, -0.1) is 0 Å². The van der Waals surface area contributed by atoms with E-state index in [4.69, 9.17) is 0 Å².